The quantitative estimate of drug-likeness (QED) is 0.884. The maximum Gasteiger partial charge on any atom is 0.251 e. The molecule has 2 aromatic rings. The zero-order chi connectivity index (χ0) is 18.6. The van der Waals surface area contributed by atoms with Gasteiger partial charge in [-0.1, -0.05) is 36.4 Å². The number of nitrogens with one attached hydrogen (secondary N) is 1. The molecular formula is C22H26N2O3. The highest BCUT2D eigenvalue weighted by Gasteiger charge is 2.23. The Kier molecular flexibility index (Phi) is 5.53. The molecule has 1 saturated heterocycles. The molecule has 27 heavy (non-hydrogen) atoms. The summed E-state index contributed by atoms with van der Waals surface area (Å²) in [5.41, 5.74) is 4.28. The van der Waals surface area contributed by atoms with Crippen LogP contribution in [0, 0.1) is 0 Å². The topological polar surface area (TPSA) is 50.8 Å². The van der Waals surface area contributed by atoms with Gasteiger partial charge in [0.15, 0.2) is 0 Å². The van der Waals surface area contributed by atoms with Gasteiger partial charge in [0.1, 0.15) is 6.10 Å². The molecule has 0 spiro atoms. The molecule has 2 aliphatic rings. The van der Waals surface area contributed by atoms with E-state index in [0.717, 1.165) is 26.2 Å². The smallest absolute Gasteiger partial charge is 0.251 e. The lowest BCUT2D eigenvalue weighted by Crippen LogP contribution is -2.40. The zero-order valence-electron chi connectivity index (χ0n) is 15.7. The fraction of sp³-hybridized carbons (Fsp3) is 0.409. The van der Waals surface area contributed by atoms with Gasteiger partial charge in [0.05, 0.1) is 19.3 Å². The first kappa shape index (κ1) is 18.2. The van der Waals surface area contributed by atoms with Crippen LogP contribution in [0.25, 0.3) is 0 Å². The number of morpholine rings is 1. The summed E-state index contributed by atoms with van der Waals surface area (Å²) in [4.78, 5) is 14.9. The number of hydrogen-bond acceptors (Lipinski definition) is 4. The number of amides is 1. The van der Waals surface area contributed by atoms with Crippen LogP contribution in [-0.4, -0.2) is 43.2 Å². The van der Waals surface area contributed by atoms with Gasteiger partial charge in [-0.3, -0.25) is 9.69 Å². The fourth-order valence-electron chi connectivity index (χ4n) is 3.77. The number of rotatable bonds is 5. The highest BCUT2D eigenvalue weighted by atomic mass is 16.5. The van der Waals surface area contributed by atoms with Crippen LogP contribution in [0.4, 0.5) is 0 Å². The Morgan fingerprint density at radius 3 is 2.78 bits per heavy atom. The fourth-order valence-corrected chi connectivity index (χ4v) is 3.77. The monoisotopic (exact) mass is 366 g/mol. The van der Waals surface area contributed by atoms with Crippen LogP contribution < -0.4 is 5.32 Å². The van der Waals surface area contributed by atoms with E-state index in [2.05, 4.69) is 29.3 Å². The van der Waals surface area contributed by atoms with E-state index in [9.17, 15) is 4.79 Å². The Labute approximate surface area is 160 Å². The lowest BCUT2D eigenvalue weighted by molar-refractivity contribution is -0.0212. The van der Waals surface area contributed by atoms with E-state index in [-0.39, 0.29) is 18.1 Å². The number of hydrogen-bond donors (Lipinski definition) is 1. The number of nitrogens with zero attached hydrogens (tertiary/aromatic N) is 1. The average Bonchev–Trinajstić information content (AvgIpc) is 3.10. The number of carbonyl (C=O) groups excluding carboxylic acids is 1. The van der Waals surface area contributed by atoms with Crippen LogP contribution in [0.15, 0.2) is 48.5 Å². The van der Waals surface area contributed by atoms with Crippen LogP contribution in [0.5, 0.6) is 0 Å². The minimum atomic E-state index is -0.0623. The number of fused-ring (bicyclic) bond motifs is 1. The van der Waals surface area contributed by atoms with E-state index >= 15 is 0 Å². The van der Waals surface area contributed by atoms with Crippen molar-refractivity contribution in [2.45, 2.75) is 32.3 Å². The summed E-state index contributed by atoms with van der Waals surface area (Å²) in [5, 5.41) is 3.00. The maximum absolute atomic E-state index is 12.5. The van der Waals surface area contributed by atoms with Crippen LogP contribution in [0.3, 0.4) is 0 Å². The van der Waals surface area contributed by atoms with Gasteiger partial charge < -0.3 is 14.8 Å². The molecule has 0 bridgehead atoms. The molecule has 1 N–H and O–H groups in total. The Morgan fingerprint density at radius 2 is 1.96 bits per heavy atom. The van der Waals surface area contributed by atoms with Crippen molar-refractivity contribution in [3.05, 3.63) is 70.8 Å². The van der Waals surface area contributed by atoms with Gasteiger partial charge in [-0.05, 0) is 35.7 Å². The third kappa shape index (κ3) is 4.38. The van der Waals surface area contributed by atoms with Gasteiger partial charge in [0.25, 0.3) is 5.91 Å². The van der Waals surface area contributed by atoms with E-state index in [1.54, 1.807) is 0 Å². The summed E-state index contributed by atoms with van der Waals surface area (Å²) < 4.78 is 11.4. The molecule has 0 aliphatic carbocycles. The normalized spacial score (nSPS) is 22.4. The van der Waals surface area contributed by atoms with E-state index < -0.39 is 0 Å². The molecule has 5 heteroatoms. The highest BCUT2D eigenvalue weighted by Crippen LogP contribution is 2.29. The molecule has 0 saturated carbocycles. The largest absolute Gasteiger partial charge is 0.376 e. The van der Waals surface area contributed by atoms with E-state index in [1.807, 2.05) is 36.4 Å². The molecule has 2 aromatic carbocycles. The SMILES string of the molecule is CC1CN(Cc2ccc(C(=O)NCC3OCc4ccccc43)cc2)CCO1. The Balaban J connectivity index is 1.30. The average molecular weight is 366 g/mol. The van der Waals surface area contributed by atoms with Crippen molar-refractivity contribution in [2.75, 3.05) is 26.2 Å². The van der Waals surface area contributed by atoms with Gasteiger partial charge in [-0.25, -0.2) is 0 Å². The second kappa shape index (κ2) is 8.21. The van der Waals surface area contributed by atoms with Gasteiger partial charge >= 0.3 is 0 Å². The molecular weight excluding hydrogens is 340 g/mol. The van der Waals surface area contributed by atoms with E-state index in [0.29, 0.717) is 18.7 Å². The first-order chi connectivity index (χ1) is 13.2. The number of carbonyl (C=O) groups is 1. The summed E-state index contributed by atoms with van der Waals surface area (Å²) in [6, 6.07) is 16.0. The molecule has 142 valence electrons. The molecule has 0 radical (unpaired) electrons. The third-order valence-corrected chi connectivity index (χ3v) is 5.24. The van der Waals surface area contributed by atoms with Gasteiger partial charge in [0, 0.05) is 31.7 Å². The molecule has 5 nitrogen and oxygen atoms in total. The zero-order valence-corrected chi connectivity index (χ0v) is 15.7. The molecule has 0 aromatic heterocycles. The predicted molar refractivity (Wildman–Crippen MR) is 103 cm³/mol. The van der Waals surface area contributed by atoms with E-state index in [1.165, 1.54) is 16.7 Å². The summed E-state index contributed by atoms with van der Waals surface area (Å²) in [5.74, 6) is -0.0606. The molecule has 2 atom stereocenters. The van der Waals surface area contributed by atoms with Crippen LogP contribution in [-0.2, 0) is 22.6 Å². The molecule has 2 aliphatic heterocycles. The third-order valence-electron chi connectivity index (χ3n) is 5.24. The highest BCUT2D eigenvalue weighted by molar-refractivity contribution is 5.94. The van der Waals surface area contributed by atoms with Crippen LogP contribution in [0.1, 0.15) is 40.1 Å². The Bertz CT molecular complexity index is 790. The van der Waals surface area contributed by atoms with Gasteiger partial charge in [-0.15, -0.1) is 0 Å². The number of benzene rings is 2. The van der Waals surface area contributed by atoms with Crippen LogP contribution in [0.2, 0.25) is 0 Å². The first-order valence-corrected chi connectivity index (χ1v) is 9.59. The second-order valence-electron chi connectivity index (χ2n) is 7.32. The second-order valence-corrected chi connectivity index (χ2v) is 7.32. The first-order valence-electron chi connectivity index (χ1n) is 9.59. The van der Waals surface area contributed by atoms with Crippen LogP contribution >= 0.6 is 0 Å². The van der Waals surface area contributed by atoms with Crippen molar-refractivity contribution >= 4 is 5.91 Å². The Morgan fingerprint density at radius 1 is 1.15 bits per heavy atom. The lowest BCUT2D eigenvalue weighted by Gasteiger charge is -2.31. The standard InChI is InChI=1S/C22H26N2O3/c1-16-13-24(10-11-26-16)14-17-6-8-18(9-7-17)22(25)23-12-21-20-5-3-2-4-19(20)15-27-21/h2-9,16,21H,10-15H2,1H3,(H,23,25). The minimum Gasteiger partial charge on any atom is -0.376 e. The molecule has 1 amide bonds. The summed E-state index contributed by atoms with van der Waals surface area (Å²) in [6.07, 6.45) is 0.222. The summed E-state index contributed by atoms with van der Waals surface area (Å²) in [7, 11) is 0. The minimum absolute atomic E-state index is 0.0606. The molecule has 2 unspecified atom stereocenters. The predicted octanol–water partition coefficient (Wildman–Crippen LogP) is 2.91. The van der Waals surface area contributed by atoms with Crippen molar-refractivity contribution < 1.29 is 14.3 Å². The van der Waals surface area contributed by atoms with Crippen molar-refractivity contribution in [2.24, 2.45) is 0 Å². The van der Waals surface area contributed by atoms with E-state index in [4.69, 9.17) is 9.47 Å². The summed E-state index contributed by atoms with van der Waals surface area (Å²) >= 11 is 0. The maximum atomic E-state index is 12.5. The van der Waals surface area contributed by atoms with Gasteiger partial charge in [0.2, 0.25) is 0 Å². The summed E-state index contributed by atoms with van der Waals surface area (Å²) in [6.45, 7) is 6.79. The van der Waals surface area contributed by atoms with Crippen molar-refractivity contribution in [3.63, 3.8) is 0 Å². The molecule has 2 heterocycles. The molecule has 4 rings (SSSR count). The Hall–Kier alpha value is -2.21. The van der Waals surface area contributed by atoms with Gasteiger partial charge in [-0.2, -0.15) is 0 Å². The lowest BCUT2D eigenvalue weighted by atomic mass is 10.1. The number of ether oxygens (including phenoxy) is 2. The van der Waals surface area contributed by atoms with Crippen molar-refractivity contribution in [3.8, 4) is 0 Å². The van der Waals surface area contributed by atoms with Crippen molar-refractivity contribution in [1.82, 2.24) is 10.2 Å². The van der Waals surface area contributed by atoms with Crippen molar-refractivity contribution in [1.29, 1.82) is 0 Å². The molecule has 1 fully saturated rings.